The molecule has 0 amide bonds. The lowest BCUT2D eigenvalue weighted by Gasteiger charge is -2.04. The summed E-state index contributed by atoms with van der Waals surface area (Å²) in [6.45, 7) is 0. The predicted molar refractivity (Wildman–Crippen MR) is 64.7 cm³/mol. The van der Waals surface area contributed by atoms with Crippen LogP contribution < -0.4 is 0 Å². The minimum atomic E-state index is -0.800. The zero-order valence-corrected chi connectivity index (χ0v) is 10.5. The molecule has 0 aliphatic heterocycles. The van der Waals surface area contributed by atoms with Crippen molar-refractivity contribution < 1.29 is 9.90 Å². The van der Waals surface area contributed by atoms with Crippen molar-refractivity contribution in [2.45, 2.75) is 24.1 Å². The third kappa shape index (κ3) is 4.67. The van der Waals surface area contributed by atoms with E-state index in [-0.39, 0.29) is 0 Å². The van der Waals surface area contributed by atoms with Crippen molar-refractivity contribution >= 4 is 33.5 Å². The second kappa shape index (κ2) is 6.13. The Morgan fingerprint density at radius 3 is 2.53 bits per heavy atom. The van der Waals surface area contributed by atoms with Crippen molar-refractivity contribution in [2.75, 3.05) is 0 Å². The lowest BCUT2D eigenvalue weighted by molar-refractivity contribution is -0.136. The average molecular weight is 292 g/mol. The number of hydrogen-bond acceptors (Lipinski definition) is 1. The van der Waals surface area contributed by atoms with Gasteiger partial charge in [-0.3, -0.25) is 4.79 Å². The largest absolute Gasteiger partial charge is 0.480 e. The van der Waals surface area contributed by atoms with Crippen molar-refractivity contribution in [2.24, 2.45) is 0 Å². The maximum Gasteiger partial charge on any atom is 0.317 e. The number of rotatable bonds is 5. The average Bonchev–Trinajstić information content (AvgIpc) is 2.20. The quantitative estimate of drug-likeness (QED) is 0.843. The molecule has 2 nitrogen and oxygen atoms in total. The molecule has 0 aromatic heterocycles. The molecule has 0 bridgehead atoms. The van der Waals surface area contributed by atoms with Gasteiger partial charge in [0.1, 0.15) is 4.83 Å². The number of alkyl halides is 1. The number of carboxylic acids is 1. The fraction of sp³-hybridized carbons (Fsp3) is 0.364. The Hall–Kier alpha value is -0.540. The third-order valence-electron chi connectivity index (χ3n) is 2.10. The number of carboxylic acid groups (broad SMARTS) is 1. The van der Waals surface area contributed by atoms with Crippen LogP contribution in [0.25, 0.3) is 0 Å². The topological polar surface area (TPSA) is 37.3 Å². The van der Waals surface area contributed by atoms with Gasteiger partial charge in [0.25, 0.3) is 0 Å². The molecule has 1 N–H and O–H groups in total. The molecule has 0 fully saturated rings. The molecule has 0 aliphatic carbocycles. The van der Waals surface area contributed by atoms with Crippen molar-refractivity contribution in [3.63, 3.8) is 0 Å². The Morgan fingerprint density at radius 2 is 2.00 bits per heavy atom. The van der Waals surface area contributed by atoms with Crippen LogP contribution in [0.4, 0.5) is 0 Å². The van der Waals surface area contributed by atoms with Gasteiger partial charge in [0.05, 0.1) is 0 Å². The van der Waals surface area contributed by atoms with E-state index in [4.69, 9.17) is 16.7 Å². The molecule has 0 saturated heterocycles. The van der Waals surface area contributed by atoms with Crippen LogP contribution in [0.5, 0.6) is 0 Å². The SMILES string of the molecule is O=C(O)C(Br)CCCc1ccc(Cl)cc1. The predicted octanol–water partition coefficient (Wildman–Crippen LogP) is 3.51. The molecule has 1 rings (SSSR count). The molecule has 0 saturated carbocycles. The Labute approximate surface area is 102 Å². The first-order valence-corrected chi connectivity index (χ1v) is 6.00. The highest BCUT2D eigenvalue weighted by molar-refractivity contribution is 9.10. The zero-order chi connectivity index (χ0) is 11.3. The standard InChI is InChI=1S/C11H12BrClO2/c12-10(11(14)15)3-1-2-8-4-6-9(13)7-5-8/h4-7,10H,1-3H2,(H,14,15). The summed E-state index contributed by atoms with van der Waals surface area (Å²) in [7, 11) is 0. The fourth-order valence-electron chi connectivity index (χ4n) is 1.26. The molecular formula is C11H12BrClO2. The van der Waals surface area contributed by atoms with E-state index in [9.17, 15) is 4.79 Å². The molecule has 1 unspecified atom stereocenters. The van der Waals surface area contributed by atoms with E-state index in [1.165, 1.54) is 5.56 Å². The second-order valence-electron chi connectivity index (χ2n) is 3.32. The molecular weight excluding hydrogens is 279 g/mol. The molecule has 1 atom stereocenters. The van der Waals surface area contributed by atoms with Crippen LogP contribution in [0.2, 0.25) is 5.02 Å². The maximum atomic E-state index is 10.5. The minimum absolute atomic E-state index is 0.440. The summed E-state index contributed by atoms with van der Waals surface area (Å²) in [5.41, 5.74) is 1.18. The summed E-state index contributed by atoms with van der Waals surface area (Å²) in [5.74, 6) is -0.800. The van der Waals surface area contributed by atoms with Gasteiger partial charge < -0.3 is 5.11 Å². The van der Waals surface area contributed by atoms with Crippen LogP contribution in [0, 0.1) is 0 Å². The Bertz CT molecular complexity index is 324. The first-order chi connectivity index (χ1) is 7.09. The fourth-order valence-corrected chi connectivity index (χ4v) is 1.71. The second-order valence-corrected chi connectivity index (χ2v) is 4.87. The molecule has 0 spiro atoms. The van der Waals surface area contributed by atoms with Crippen LogP contribution in [-0.4, -0.2) is 15.9 Å². The van der Waals surface area contributed by atoms with Crippen molar-refractivity contribution in [3.05, 3.63) is 34.9 Å². The van der Waals surface area contributed by atoms with Gasteiger partial charge in [-0.2, -0.15) is 0 Å². The van der Waals surface area contributed by atoms with Gasteiger partial charge in [-0.25, -0.2) is 0 Å². The van der Waals surface area contributed by atoms with Gasteiger partial charge in [0, 0.05) is 5.02 Å². The molecule has 0 heterocycles. The monoisotopic (exact) mass is 290 g/mol. The van der Waals surface area contributed by atoms with E-state index in [0.717, 1.165) is 17.9 Å². The summed E-state index contributed by atoms with van der Waals surface area (Å²) in [5, 5.41) is 9.38. The zero-order valence-electron chi connectivity index (χ0n) is 8.12. The van der Waals surface area contributed by atoms with Gasteiger partial charge in [0.2, 0.25) is 0 Å². The highest BCUT2D eigenvalue weighted by atomic mass is 79.9. The molecule has 0 aliphatic rings. The summed E-state index contributed by atoms with van der Waals surface area (Å²) >= 11 is 8.86. The molecule has 15 heavy (non-hydrogen) atoms. The van der Waals surface area contributed by atoms with Crippen LogP contribution in [0.1, 0.15) is 18.4 Å². The number of carbonyl (C=O) groups is 1. The summed E-state index contributed by atoms with van der Waals surface area (Å²) in [4.78, 5) is 10.1. The first-order valence-electron chi connectivity index (χ1n) is 4.71. The van der Waals surface area contributed by atoms with E-state index < -0.39 is 10.8 Å². The van der Waals surface area contributed by atoms with Crippen molar-refractivity contribution in [1.29, 1.82) is 0 Å². The minimum Gasteiger partial charge on any atom is -0.480 e. The highest BCUT2D eigenvalue weighted by Gasteiger charge is 2.11. The van der Waals surface area contributed by atoms with Crippen molar-refractivity contribution in [1.82, 2.24) is 0 Å². The van der Waals surface area contributed by atoms with Crippen LogP contribution >= 0.6 is 27.5 Å². The van der Waals surface area contributed by atoms with Gasteiger partial charge >= 0.3 is 5.97 Å². The van der Waals surface area contributed by atoms with Crippen LogP contribution in [0.15, 0.2) is 24.3 Å². The van der Waals surface area contributed by atoms with E-state index in [2.05, 4.69) is 15.9 Å². The normalized spacial score (nSPS) is 12.4. The van der Waals surface area contributed by atoms with E-state index in [0.29, 0.717) is 6.42 Å². The maximum absolute atomic E-state index is 10.5. The van der Waals surface area contributed by atoms with E-state index in [1.807, 2.05) is 24.3 Å². The number of aryl methyl sites for hydroxylation is 1. The molecule has 0 radical (unpaired) electrons. The van der Waals surface area contributed by atoms with Gasteiger partial charge in [-0.1, -0.05) is 39.7 Å². The number of hydrogen-bond donors (Lipinski definition) is 1. The summed E-state index contributed by atoms with van der Waals surface area (Å²) < 4.78 is 0. The smallest absolute Gasteiger partial charge is 0.317 e. The summed E-state index contributed by atoms with van der Waals surface area (Å²) in [6, 6.07) is 7.62. The lowest BCUT2D eigenvalue weighted by Crippen LogP contribution is -2.12. The van der Waals surface area contributed by atoms with Gasteiger partial charge in [-0.15, -0.1) is 0 Å². The first kappa shape index (κ1) is 12.5. The van der Waals surface area contributed by atoms with E-state index >= 15 is 0 Å². The lowest BCUT2D eigenvalue weighted by atomic mass is 10.1. The summed E-state index contributed by atoms with van der Waals surface area (Å²) in [6.07, 6.45) is 2.37. The number of benzene rings is 1. The van der Waals surface area contributed by atoms with Gasteiger partial charge in [0.15, 0.2) is 0 Å². The Morgan fingerprint density at radius 1 is 1.40 bits per heavy atom. The third-order valence-corrected chi connectivity index (χ3v) is 3.21. The molecule has 1 aromatic rings. The van der Waals surface area contributed by atoms with Crippen LogP contribution in [0.3, 0.4) is 0 Å². The van der Waals surface area contributed by atoms with E-state index in [1.54, 1.807) is 0 Å². The number of halogens is 2. The molecule has 4 heteroatoms. The van der Waals surface area contributed by atoms with Crippen molar-refractivity contribution in [3.8, 4) is 0 Å². The Kier molecular flexibility index (Phi) is 5.12. The van der Waals surface area contributed by atoms with Gasteiger partial charge in [-0.05, 0) is 37.0 Å². The van der Waals surface area contributed by atoms with Crippen LogP contribution in [-0.2, 0) is 11.2 Å². The molecule has 82 valence electrons. The Balaban J connectivity index is 2.32. The molecule has 1 aromatic carbocycles. The highest BCUT2D eigenvalue weighted by Crippen LogP contribution is 2.14. The number of aliphatic carboxylic acids is 1.